The molecule has 0 bridgehead atoms. The second-order valence-corrected chi connectivity index (χ2v) is 11.4. The second kappa shape index (κ2) is 8.57. The van der Waals surface area contributed by atoms with Crippen LogP contribution in [-0.2, 0) is 16.1 Å². The maximum Gasteiger partial charge on any atom is 0.343 e. The second-order valence-electron chi connectivity index (χ2n) is 11.4. The van der Waals surface area contributed by atoms with Crippen LogP contribution in [0.5, 0.6) is 5.75 Å². The molecule has 1 aromatic heterocycles. The lowest BCUT2D eigenvalue weighted by Crippen LogP contribution is -2.74. The van der Waals surface area contributed by atoms with Crippen molar-refractivity contribution in [3.05, 3.63) is 66.4 Å². The number of aliphatic hydroxyl groups excluding tert-OH is 4. The molecule has 41 heavy (non-hydrogen) atoms. The molecule has 8 N–H and O–H groups in total. The number of aromatic nitrogens is 1. The van der Waals surface area contributed by atoms with Gasteiger partial charge < -0.3 is 50.2 Å². The lowest BCUT2D eigenvalue weighted by atomic mass is 9.60. The average Bonchev–Trinajstić information content (AvgIpc) is 3.53. The smallest absolute Gasteiger partial charge is 0.343 e. The van der Waals surface area contributed by atoms with Crippen LogP contribution in [0.4, 0.5) is 0 Å². The van der Waals surface area contributed by atoms with Crippen molar-refractivity contribution in [3.8, 4) is 5.75 Å². The summed E-state index contributed by atoms with van der Waals surface area (Å²) in [7, 11) is 0. The molecule has 11 nitrogen and oxygen atoms in total. The third-order valence-corrected chi connectivity index (χ3v) is 9.30. The van der Waals surface area contributed by atoms with Crippen molar-refractivity contribution in [1.82, 2.24) is 4.98 Å². The van der Waals surface area contributed by atoms with Crippen LogP contribution < -0.4 is 4.74 Å². The van der Waals surface area contributed by atoms with Crippen LogP contribution in [0.3, 0.4) is 0 Å². The highest BCUT2D eigenvalue weighted by molar-refractivity contribution is 6.14. The number of nitrogens with one attached hydrogen (secondary N) is 1. The number of hydrogen-bond acceptors (Lipinski definition) is 10. The van der Waals surface area contributed by atoms with Gasteiger partial charge in [0.05, 0.1) is 35.9 Å². The van der Waals surface area contributed by atoms with Gasteiger partial charge in [-0.3, -0.25) is 0 Å². The normalized spacial score (nSPS) is 36.2. The van der Waals surface area contributed by atoms with E-state index in [1.807, 2.05) is 42.5 Å². The van der Waals surface area contributed by atoms with Gasteiger partial charge >= 0.3 is 5.97 Å². The van der Waals surface area contributed by atoms with E-state index in [1.165, 1.54) is 6.08 Å². The van der Waals surface area contributed by atoms with Gasteiger partial charge in [0, 0.05) is 11.8 Å². The number of fused-ring (bicyclic) bond motifs is 7. The van der Waals surface area contributed by atoms with E-state index in [9.17, 15) is 40.5 Å². The lowest BCUT2D eigenvalue weighted by molar-refractivity contribution is -0.358. The van der Waals surface area contributed by atoms with Crippen LogP contribution in [0.1, 0.15) is 18.5 Å². The van der Waals surface area contributed by atoms with Crippen molar-refractivity contribution >= 4 is 38.4 Å². The minimum atomic E-state index is -2.98. The van der Waals surface area contributed by atoms with Crippen molar-refractivity contribution in [2.75, 3.05) is 6.61 Å². The first-order valence-corrected chi connectivity index (χ1v) is 13.3. The van der Waals surface area contributed by atoms with Crippen LogP contribution >= 0.6 is 0 Å². The van der Waals surface area contributed by atoms with Crippen molar-refractivity contribution < 1.29 is 50.0 Å². The maximum absolute atomic E-state index is 13.6. The molecule has 7 rings (SSSR count). The predicted octanol–water partition coefficient (Wildman–Crippen LogP) is 0.486. The molecule has 1 saturated heterocycles. The van der Waals surface area contributed by atoms with E-state index in [1.54, 1.807) is 6.07 Å². The molecule has 0 amide bonds. The predicted molar refractivity (Wildman–Crippen MR) is 144 cm³/mol. The fourth-order valence-corrected chi connectivity index (χ4v) is 7.13. The maximum atomic E-state index is 13.6. The van der Waals surface area contributed by atoms with Crippen LogP contribution in [0.25, 0.3) is 32.4 Å². The monoisotopic (exact) mass is 563 g/mol. The Morgan fingerprint density at radius 3 is 2.41 bits per heavy atom. The van der Waals surface area contributed by atoms with Crippen molar-refractivity contribution in [3.63, 3.8) is 0 Å². The topological polar surface area (TPSA) is 193 Å². The first kappa shape index (κ1) is 26.5. The van der Waals surface area contributed by atoms with Gasteiger partial charge in [-0.25, -0.2) is 4.79 Å². The number of ether oxygens (including phenoxy) is 2. The number of benzene rings is 3. The Hall–Kier alpha value is -3.39. The van der Waals surface area contributed by atoms with Gasteiger partial charge in [0.2, 0.25) is 5.79 Å². The molecular weight excluding hydrogens is 534 g/mol. The zero-order chi connectivity index (χ0) is 28.9. The zero-order valence-corrected chi connectivity index (χ0v) is 21.7. The molecule has 0 radical (unpaired) electrons. The first-order valence-electron chi connectivity index (χ1n) is 13.3. The molecule has 214 valence electrons. The number of carbonyl (C=O) groups excluding carboxylic acids is 1. The van der Waals surface area contributed by atoms with E-state index < -0.39 is 66.3 Å². The summed E-state index contributed by atoms with van der Waals surface area (Å²) in [6.45, 7) is -1.23. The molecule has 2 heterocycles. The van der Waals surface area contributed by atoms with Crippen LogP contribution in [-0.4, -0.2) is 88.6 Å². The Morgan fingerprint density at radius 2 is 1.71 bits per heavy atom. The molecule has 1 saturated carbocycles. The van der Waals surface area contributed by atoms with Gasteiger partial charge in [-0.05, 0) is 52.2 Å². The number of carbonyl (C=O) groups is 1. The molecule has 1 aliphatic heterocycles. The van der Waals surface area contributed by atoms with Gasteiger partial charge in [0.15, 0.2) is 17.5 Å². The third-order valence-electron chi connectivity index (χ3n) is 9.30. The quantitative estimate of drug-likeness (QED) is 0.0984. The van der Waals surface area contributed by atoms with E-state index in [2.05, 4.69) is 4.98 Å². The van der Waals surface area contributed by atoms with Crippen LogP contribution in [0.2, 0.25) is 0 Å². The van der Waals surface area contributed by atoms with E-state index in [0.29, 0.717) is 10.9 Å². The first-order chi connectivity index (χ1) is 19.5. The molecular formula is C30H29NO10. The largest absolute Gasteiger partial charge is 0.422 e. The summed E-state index contributed by atoms with van der Waals surface area (Å²) in [6.07, 6.45) is -3.69. The molecule has 11 heteroatoms. The number of rotatable bonds is 4. The molecule has 3 aliphatic rings. The van der Waals surface area contributed by atoms with Gasteiger partial charge in [-0.2, -0.15) is 0 Å². The highest BCUT2D eigenvalue weighted by atomic mass is 16.7. The lowest BCUT2D eigenvalue weighted by Gasteiger charge is -2.54. The average molecular weight is 564 g/mol. The Labute approximate surface area is 232 Å². The van der Waals surface area contributed by atoms with Crippen molar-refractivity contribution in [2.45, 2.75) is 54.7 Å². The number of aromatic amines is 1. The summed E-state index contributed by atoms with van der Waals surface area (Å²) in [5, 5.41) is 80.3. The molecule has 2 aliphatic carbocycles. The molecule has 2 fully saturated rings. The van der Waals surface area contributed by atoms with E-state index in [0.717, 1.165) is 27.6 Å². The molecule has 0 unspecified atom stereocenters. The summed E-state index contributed by atoms with van der Waals surface area (Å²) in [5.41, 5.74) is -5.99. The Kier molecular flexibility index (Phi) is 5.54. The zero-order valence-electron chi connectivity index (χ0n) is 21.7. The number of hydrogen-bond donors (Lipinski definition) is 8. The highest BCUT2D eigenvalue weighted by Crippen LogP contribution is 2.62. The van der Waals surface area contributed by atoms with Crippen LogP contribution in [0.15, 0.2) is 60.7 Å². The molecule has 3 aromatic carbocycles. The Morgan fingerprint density at radius 1 is 0.976 bits per heavy atom. The fourth-order valence-electron chi connectivity index (χ4n) is 7.13. The minimum absolute atomic E-state index is 0.0201. The summed E-state index contributed by atoms with van der Waals surface area (Å²) in [5.74, 6) is -4.20. The van der Waals surface area contributed by atoms with Gasteiger partial charge in [0.25, 0.3) is 0 Å². The van der Waals surface area contributed by atoms with E-state index in [-0.39, 0.29) is 17.9 Å². The van der Waals surface area contributed by atoms with Gasteiger partial charge in [-0.15, -0.1) is 0 Å². The summed E-state index contributed by atoms with van der Waals surface area (Å²) < 4.78 is 11.3. The van der Waals surface area contributed by atoms with E-state index >= 15 is 0 Å². The third kappa shape index (κ3) is 3.23. The highest BCUT2D eigenvalue weighted by Gasteiger charge is 2.81. The molecule has 0 spiro atoms. The molecule has 7 atom stereocenters. The van der Waals surface area contributed by atoms with Gasteiger partial charge in [0.1, 0.15) is 11.7 Å². The minimum Gasteiger partial charge on any atom is -0.422 e. The molecule has 4 aromatic rings. The summed E-state index contributed by atoms with van der Waals surface area (Å²) in [4.78, 5) is 16.6. The van der Waals surface area contributed by atoms with Crippen molar-refractivity contribution in [2.24, 2.45) is 5.41 Å². The standard InChI is InChI=1S/C30H29NO10/c32-13-21-23(22-19-10-16-4-2-1-3-15(16)9-17(19)5-6-20(22)31-21)40-26(36)24-25(35)28(37)8-7-27(14-33)11-18(34)12-29(27,38)30(28,39)41-24/h1-10,18,24-25,31-35,37-39H,11-14H2/t18-,24+,25-,27-,28+,29-,30+/m0/s1. The summed E-state index contributed by atoms with van der Waals surface area (Å²) >= 11 is 0. The fraction of sp³-hybridized carbons (Fsp3) is 0.367. The van der Waals surface area contributed by atoms with Gasteiger partial charge in [-0.1, -0.05) is 36.4 Å². The summed E-state index contributed by atoms with van der Waals surface area (Å²) in [6, 6.07) is 15.3. The number of esters is 1. The Bertz CT molecular complexity index is 1770. The van der Waals surface area contributed by atoms with Crippen molar-refractivity contribution in [1.29, 1.82) is 0 Å². The number of H-pyrrole nitrogens is 1. The van der Waals surface area contributed by atoms with E-state index in [4.69, 9.17) is 9.47 Å². The van der Waals surface area contributed by atoms with Crippen LogP contribution in [0, 0.1) is 5.41 Å². The number of aliphatic hydroxyl groups is 7. The Balaban J connectivity index is 1.31. The SMILES string of the molecule is O=C(Oc1c(CO)[nH]c2ccc3cc4ccccc4cc3c12)[C@@H]1O[C@@]2(O)[C@]3(O)C[C@@H](O)C[C@]3(CO)C=C[C@@]2(O)[C@H]1O.